The molecular formula is C9H14N4O2. The van der Waals surface area contributed by atoms with E-state index in [1.165, 1.54) is 0 Å². The van der Waals surface area contributed by atoms with Gasteiger partial charge in [-0.1, -0.05) is 0 Å². The third kappa shape index (κ3) is 1.99. The molecule has 1 aliphatic rings. The van der Waals surface area contributed by atoms with E-state index in [9.17, 15) is 4.79 Å². The molecule has 1 aliphatic heterocycles. The maximum Gasteiger partial charge on any atom is 0.293 e. The van der Waals surface area contributed by atoms with Gasteiger partial charge in [-0.3, -0.25) is 9.89 Å². The van der Waals surface area contributed by atoms with Gasteiger partial charge in [0.2, 0.25) is 5.82 Å². The molecule has 15 heavy (non-hydrogen) atoms. The molecular weight excluding hydrogens is 196 g/mol. The van der Waals surface area contributed by atoms with Gasteiger partial charge in [0, 0.05) is 25.6 Å². The number of likely N-dealkylation sites (tertiary alicyclic amines) is 1. The van der Waals surface area contributed by atoms with E-state index in [0.717, 1.165) is 6.42 Å². The number of H-pyrrole nitrogens is 1. The monoisotopic (exact) mass is 210 g/mol. The molecule has 1 aromatic rings. The number of nitrogens with one attached hydrogen (secondary N) is 1. The van der Waals surface area contributed by atoms with Crippen molar-refractivity contribution < 1.29 is 9.90 Å². The van der Waals surface area contributed by atoms with Crippen LogP contribution in [-0.4, -0.2) is 50.8 Å². The number of aliphatic hydroxyl groups excluding tert-OH is 1. The Morgan fingerprint density at radius 1 is 1.73 bits per heavy atom. The standard InChI is InChI=1S/C9H14N4O2/c1-6-10-8(12-11-6)9(15)13-3-2-7(4-13)5-14/h7,14H,2-5H2,1H3,(H,10,11,12). The van der Waals surface area contributed by atoms with Gasteiger partial charge in [-0.25, -0.2) is 4.98 Å². The van der Waals surface area contributed by atoms with Gasteiger partial charge in [-0.2, -0.15) is 0 Å². The lowest BCUT2D eigenvalue weighted by Gasteiger charge is -2.13. The summed E-state index contributed by atoms with van der Waals surface area (Å²) >= 11 is 0. The summed E-state index contributed by atoms with van der Waals surface area (Å²) in [6.07, 6.45) is 0.853. The largest absolute Gasteiger partial charge is 0.396 e. The van der Waals surface area contributed by atoms with Crippen LogP contribution >= 0.6 is 0 Å². The van der Waals surface area contributed by atoms with Crippen molar-refractivity contribution in [2.45, 2.75) is 13.3 Å². The minimum Gasteiger partial charge on any atom is -0.396 e. The van der Waals surface area contributed by atoms with Crippen LogP contribution in [0.15, 0.2) is 0 Å². The predicted molar refractivity (Wildman–Crippen MR) is 52.2 cm³/mol. The zero-order valence-electron chi connectivity index (χ0n) is 8.60. The molecule has 1 amide bonds. The zero-order chi connectivity index (χ0) is 10.8. The summed E-state index contributed by atoms with van der Waals surface area (Å²) in [5.41, 5.74) is 0. The lowest BCUT2D eigenvalue weighted by molar-refractivity contribution is 0.0770. The van der Waals surface area contributed by atoms with Crippen molar-refractivity contribution in [3.05, 3.63) is 11.6 Å². The Morgan fingerprint density at radius 3 is 3.07 bits per heavy atom. The number of nitrogens with zero attached hydrogens (tertiary/aromatic N) is 3. The van der Waals surface area contributed by atoms with Crippen LogP contribution in [0.25, 0.3) is 0 Å². The Bertz CT molecular complexity index is 363. The highest BCUT2D eigenvalue weighted by molar-refractivity contribution is 5.90. The normalized spacial score (nSPS) is 20.9. The summed E-state index contributed by atoms with van der Waals surface area (Å²) in [4.78, 5) is 17.5. The van der Waals surface area contributed by atoms with Gasteiger partial charge in [0.15, 0.2) is 0 Å². The van der Waals surface area contributed by atoms with Gasteiger partial charge in [0.25, 0.3) is 5.91 Å². The van der Waals surface area contributed by atoms with Crippen LogP contribution in [0.4, 0.5) is 0 Å². The van der Waals surface area contributed by atoms with Crippen molar-refractivity contribution in [2.24, 2.45) is 5.92 Å². The van der Waals surface area contributed by atoms with Crippen molar-refractivity contribution in [1.82, 2.24) is 20.1 Å². The Balaban J connectivity index is 2.03. The smallest absolute Gasteiger partial charge is 0.293 e. The number of aromatic nitrogens is 3. The van der Waals surface area contributed by atoms with Crippen molar-refractivity contribution in [3.8, 4) is 0 Å². The number of carbonyl (C=O) groups is 1. The lowest BCUT2D eigenvalue weighted by Crippen LogP contribution is -2.30. The summed E-state index contributed by atoms with van der Waals surface area (Å²) in [7, 11) is 0. The van der Waals surface area contributed by atoms with Crippen LogP contribution in [0.5, 0.6) is 0 Å². The van der Waals surface area contributed by atoms with Crippen molar-refractivity contribution in [1.29, 1.82) is 0 Å². The third-order valence-electron chi connectivity index (χ3n) is 2.62. The molecule has 1 atom stereocenters. The number of hydrogen-bond donors (Lipinski definition) is 2. The van der Waals surface area contributed by atoms with Crippen molar-refractivity contribution >= 4 is 5.91 Å². The minimum absolute atomic E-state index is 0.136. The van der Waals surface area contributed by atoms with E-state index < -0.39 is 0 Å². The SMILES string of the molecule is Cc1nc(C(=O)N2CCC(CO)C2)n[nH]1. The molecule has 0 bridgehead atoms. The Morgan fingerprint density at radius 2 is 2.53 bits per heavy atom. The molecule has 2 N–H and O–H groups in total. The zero-order valence-corrected chi connectivity index (χ0v) is 8.60. The number of aryl methyl sites for hydroxylation is 1. The predicted octanol–water partition coefficient (Wildman–Crippen LogP) is -0.432. The highest BCUT2D eigenvalue weighted by Crippen LogP contribution is 2.16. The topological polar surface area (TPSA) is 82.1 Å². The molecule has 2 rings (SSSR count). The Kier molecular flexibility index (Phi) is 2.68. The summed E-state index contributed by atoms with van der Waals surface area (Å²) in [5, 5.41) is 15.4. The Labute approximate surface area is 87.3 Å². The van der Waals surface area contributed by atoms with Gasteiger partial charge in [0.1, 0.15) is 5.82 Å². The maximum atomic E-state index is 11.8. The van der Waals surface area contributed by atoms with Crippen LogP contribution in [0, 0.1) is 12.8 Å². The summed E-state index contributed by atoms with van der Waals surface area (Å²) in [6.45, 7) is 3.17. The van der Waals surface area contributed by atoms with E-state index in [0.29, 0.717) is 18.9 Å². The maximum absolute atomic E-state index is 11.8. The van der Waals surface area contributed by atoms with Gasteiger partial charge in [-0.05, 0) is 13.3 Å². The van der Waals surface area contributed by atoms with Gasteiger partial charge in [0.05, 0.1) is 0 Å². The van der Waals surface area contributed by atoms with Gasteiger partial charge < -0.3 is 10.0 Å². The van der Waals surface area contributed by atoms with Crippen LogP contribution in [-0.2, 0) is 0 Å². The second-order valence-electron chi connectivity index (χ2n) is 3.83. The number of hydrogen-bond acceptors (Lipinski definition) is 4. The van der Waals surface area contributed by atoms with Crippen LogP contribution < -0.4 is 0 Å². The Hall–Kier alpha value is -1.43. The van der Waals surface area contributed by atoms with Gasteiger partial charge >= 0.3 is 0 Å². The van der Waals surface area contributed by atoms with E-state index in [2.05, 4.69) is 15.2 Å². The second kappa shape index (κ2) is 3.98. The quantitative estimate of drug-likeness (QED) is 0.693. The van der Waals surface area contributed by atoms with Crippen molar-refractivity contribution in [3.63, 3.8) is 0 Å². The number of aliphatic hydroxyl groups is 1. The number of aromatic amines is 1. The fourth-order valence-corrected chi connectivity index (χ4v) is 1.75. The first-order valence-electron chi connectivity index (χ1n) is 5.00. The van der Waals surface area contributed by atoms with E-state index >= 15 is 0 Å². The average Bonchev–Trinajstić information content (AvgIpc) is 2.84. The summed E-state index contributed by atoms with van der Waals surface area (Å²) in [6, 6.07) is 0. The fourth-order valence-electron chi connectivity index (χ4n) is 1.75. The third-order valence-corrected chi connectivity index (χ3v) is 2.62. The van der Waals surface area contributed by atoms with Crippen LogP contribution in [0.3, 0.4) is 0 Å². The molecule has 82 valence electrons. The number of carbonyl (C=O) groups excluding carboxylic acids is 1. The first-order valence-corrected chi connectivity index (χ1v) is 5.00. The van der Waals surface area contributed by atoms with Gasteiger partial charge in [-0.15, -0.1) is 5.10 Å². The van der Waals surface area contributed by atoms with E-state index in [1.54, 1.807) is 11.8 Å². The minimum atomic E-state index is -0.157. The molecule has 1 unspecified atom stereocenters. The van der Waals surface area contributed by atoms with Crippen molar-refractivity contribution in [2.75, 3.05) is 19.7 Å². The highest BCUT2D eigenvalue weighted by Gasteiger charge is 2.28. The fraction of sp³-hybridized carbons (Fsp3) is 0.667. The molecule has 0 saturated carbocycles. The van der Waals surface area contributed by atoms with Crippen LogP contribution in [0.2, 0.25) is 0 Å². The molecule has 6 nitrogen and oxygen atoms in total. The molecule has 0 aromatic carbocycles. The highest BCUT2D eigenvalue weighted by atomic mass is 16.3. The molecule has 1 fully saturated rings. The number of rotatable bonds is 2. The van der Waals surface area contributed by atoms with Crippen LogP contribution in [0.1, 0.15) is 22.9 Å². The van der Waals surface area contributed by atoms with E-state index in [-0.39, 0.29) is 24.3 Å². The lowest BCUT2D eigenvalue weighted by atomic mass is 10.1. The molecule has 0 radical (unpaired) electrons. The molecule has 1 saturated heterocycles. The molecule has 1 aromatic heterocycles. The van der Waals surface area contributed by atoms with E-state index in [4.69, 9.17) is 5.11 Å². The first-order chi connectivity index (χ1) is 7.20. The second-order valence-corrected chi connectivity index (χ2v) is 3.83. The summed E-state index contributed by atoms with van der Waals surface area (Å²) in [5.74, 6) is 0.895. The average molecular weight is 210 g/mol. The van der Waals surface area contributed by atoms with E-state index in [1.807, 2.05) is 0 Å². The number of amides is 1. The molecule has 0 aliphatic carbocycles. The summed E-state index contributed by atoms with van der Waals surface area (Å²) < 4.78 is 0. The molecule has 0 spiro atoms. The molecule has 2 heterocycles. The molecule has 6 heteroatoms. The first kappa shape index (κ1) is 10.1.